The summed E-state index contributed by atoms with van der Waals surface area (Å²) in [7, 11) is 0. The maximum Gasteiger partial charge on any atom is 0.127 e. The van der Waals surface area contributed by atoms with Crippen molar-refractivity contribution in [2.75, 3.05) is 13.2 Å². The fraction of sp³-hybridized carbons (Fsp3) is 0.455. The Bertz CT molecular complexity index is 330. The van der Waals surface area contributed by atoms with Gasteiger partial charge in [-0.1, -0.05) is 0 Å². The van der Waals surface area contributed by atoms with Gasteiger partial charge in [0.1, 0.15) is 18.2 Å². The number of aliphatic hydroxyl groups is 2. The van der Waals surface area contributed by atoms with Crippen molar-refractivity contribution in [3.8, 4) is 5.75 Å². The second kappa shape index (κ2) is 6.42. The number of hydrogen-bond acceptors (Lipinski definition) is 3. The second-order valence-corrected chi connectivity index (χ2v) is 3.37. The molecule has 0 aliphatic heterocycles. The van der Waals surface area contributed by atoms with E-state index in [1.165, 1.54) is 12.1 Å². The Labute approximate surface area is 92.9 Å². The Morgan fingerprint density at radius 3 is 2.81 bits per heavy atom. The zero-order chi connectivity index (χ0) is 12.0. The Hall–Kier alpha value is -1.17. The molecule has 0 spiro atoms. The van der Waals surface area contributed by atoms with E-state index in [9.17, 15) is 9.50 Å². The average Bonchev–Trinajstić information content (AvgIpc) is 2.29. The third-order valence-electron chi connectivity index (χ3n) is 2.10. The molecule has 0 fully saturated rings. The van der Waals surface area contributed by atoms with Crippen LogP contribution in [0.2, 0.25) is 0 Å². The minimum atomic E-state index is -0.857. The van der Waals surface area contributed by atoms with Crippen molar-refractivity contribution >= 4 is 0 Å². The summed E-state index contributed by atoms with van der Waals surface area (Å²) in [6, 6.07) is 3.71. The van der Waals surface area contributed by atoms with E-state index < -0.39 is 18.5 Å². The maximum atomic E-state index is 12.9. The van der Waals surface area contributed by atoms with Gasteiger partial charge < -0.3 is 14.9 Å². The van der Waals surface area contributed by atoms with Crippen LogP contribution in [0.15, 0.2) is 18.2 Å². The molecule has 1 atom stereocenters. The first-order valence-electron chi connectivity index (χ1n) is 4.95. The Balaban J connectivity index is 2.55. The Morgan fingerprint density at radius 1 is 1.44 bits per heavy atom. The molecular formula is C11H14FO4. The molecule has 0 saturated heterocycles. The van der Waals surface area contributed by atoms with E-state index in [1.54, 1.807) is 0 Å². The molecule has 0 saturated carbocycles. The lowest BCUT2D eigenvalue weighted by Gasteiger charge is -2.11. The van der Waals surface area contributed by atoms with Gasteiger partial charge in [0.2, 0.25) is 0 Å². The highest BCUT2D eigenvalue weighted by molar-refractivity contribution is 5.33. The molecule has 16 heavy (non-hydrogen) atoms. The van der Waals surface area contributed by atoms with Gasteiger partial charge in [-0.2, -0.15) is 0 Å². The summed E-state index contributed by atoms with van der Waals surface area (Å²) in [6.45, 7) is -0.711. The van der Waals surface area contributed by atoms with E-state index in [1.807, 2.05) is 0 Å². The number of aliphatic hydroxyl groups excluding tert-OH is 2. The predicted octanol–water partition coefficient (Wildman–Crippen LogP) is 0.878. The van der Waals surface area contributed by atoms with Gasteiger partial charge in [-0.25, -0.2) is 9.50 Å². The lowest BCUT2D eigenvalue weighted by molar-refractivity contribution is 0.0748. The summed E-state index contributed by atoms with van der Waals surface area (Å²) >= 11 is 0. The molecule has 2 N–H and O–H groups in total. The molecule has 4 nitrogen and oxygen atoms in total. The lowest BCUT2D eigenvalue weighted by atomic mass is 10.2. The number of benzene rings is 1. The van der Waals surface area contributed by atoms with Crippen molar-refractivity contribution in [3.05, 3.63) is 29.6 Å². The van der Waals surface area contributed by atoms with E-state index in [4.69, 9.17) is 14.9 Å². The summed E-state index contributed by atoms with van der Waals surface area (Å²) in [5.74, 6) is -0.282. The van der Waals surface area contributed by atoms with Crippen molar-refractivity contribution in [1.29, 1.82) is 0 Å². The molecule has 0 aromatic heterocycles. The Morgan fingerprint density at radius 2 is 2.19 bits per heavy atom. The lowest BCUT2D eigenvalue weighted by Crippen LogP contribution is -2.16. The zero-order valence-corrected chi connectivity index (χ0v) is 8.73. The van der Waals surface area contributed by atoms with Crippen LogP contribution in [-0.4, -0.2) is 29.5 Å². The molecule has 0 aliphatic carbocycles. The van der Waals surface area contributed by atoms with E-state index in [0.29, 0.717) is 5.56 Å². The number of hydrogen-bond donors (Lipinski definition) is 2. The molecule has 1 radical (unpaired) electrons. The first kappa shape index (κ1) is 12.9. The molecule has 0 bridgehead atoms. The summed E-state index contributed by atoms with van der Waals surface area (Å²) in [5, 5.41) is 28.3. The van der Waals surface area contributed by atoms with Gasteiger partial charge in [-0.05, 0) is 12.1 Å². The molecule has 1 rings (SSSR count). The first-order chi connectivity index (χ1) is 7.67. The van der Waals surface area contributed by atoms with Gasteiger partial charge in [0.05, 0.1) is 19.3 Å². The van der Waals surface area contributed by atoms with E-state index >= 15 is 0 Å². The molecule has 1 aromatic rings. The van der Waals surface area contributed by atoms with E-state index in [0.717, 1.165) is 6.07 Å². The van der Waals surface area contributed by atoms with Crippen LogP contribution in [0.4, 0.5) is 4.39 Å². The van der Waals surface area contributed by atoms with Crippen molar-refractivity contribution in [1.82, 2.24) is 0 Å². The monoisotopic (exact) mass is 229 g/mol. The molecule has 0 aliphatic rings. The third kappa shape index (κ3) is 3.77. The minimum absolute atomic E-state index is 0.123. The van der Waals surface area contributed by atoms with E-state index in [2.05, 4.69) is 0 Å². The predicted molar refractivity (Wildman–Crippen MR) is 54.0 cm³/mol. The van der Waals surface area contributed by atoms with Gasteiger partial charge >= 0.3 is 0 Å². The normalized spacial score (nSPS) is 12.5. The van der Waals surface area contributed by atoms with E-state index in [-0.39, 0.29) is 25.4 Å². The smallest absolute Gasteiger partial charge is 0.127 e. The van der Waals surface area contributed by atoms with Crippen molar-refractivity contribution in [3.63, 3.8) is 0 Å². The van der Waals surface area contributed by atoms with Gasteiger partial charge in [0.15, 0.2) is 0 Å². The maximum absolute atomic E-state index is 12.9. The second-order valence-electron chi connectivity index (χ2n) is 3.37. The van der Waals surface area contributed by atoms with Crippen LogP contribution in [0, 0.1) is 5.82 Å². The van der Waals surface area contributed by atoms with Crippen LogP contribution in [0.3, 0.4) is 0 Å². The molecule has 5 heteroatoms. The van der Waals surface area contributed by atoms with Crippen LogP contribution >= 0.6 is 0 Å². The minimum Gasteiger partial charge on any atom is -0.493 e. The quantitative estimate of drug-likeness (QED) is 0.760. The highest BCUT2D eigenvalue weighted by Gasteiger charge is 2.07. The van der Waals surface area contributed by atoms with Gasteiger partial charge in [0, 0.05) is 18.1 Å². The van der Waals surface area contributed by atoms with Gasteiger partial charge in [0.25, 0.3) is 0 Å². The Kier molecular flexibility index (Phi) is 5.18. The summed E-state index contributed by atoms with van der Waals surface area (Å²) in [5.41, 5.74) is 0.375. The largest absolute Gasteiger partial charge is 0.493 e. The van der Waals surface area contributed by atoms with Crippen molar-refractivity contribution in [2.24, 2.45) is 0 Å². The van der Waals surface area contributed by atoms with Gasteiger partial charge in [-0.3, -0.25) is 0 Å². The summed E-state index contributed by atoms with van der Waals surface area (Å²) in [4.78, 5) is 0. The van der Waals surface area contributed by atoms with Crippen LogP contribution < -0.4 is 4.74 Å². The van der Waals surface area contributed by atoms with Crippen molar-refractivity contribution < 1.29 is 24.4 Å². The molecule has 0 unspecified atom stereocenters. The third-order valence-corrected chi connectivity index (χ3v) is 2.10. The van der Waals surface area contributed by atoms with Crippen LogP contribution in [0.5, 0.6) is 5.75 Å². The van der Waals surface area contributed by atoms with Crippen LogP contribution in [0.25, 0.3) is 0 Å². The molecule has 0 heterocycles. The fourth-order valence-corrected chi connectivity index (χ4v) is 1.18. The highest BCUT2D eigenvalue weighted by atomic mass is 19.1. The first-order valence-corrected chi connectivity index (χ1v) is 4.95. The standard InChI is InChI=1S/C11H14FO4/c12-9-2-1-8(6-13)11(5-9)16-4-3-10(15)7-14/h1-2,5,10,14-15H,3-4,6-7H2/t10-/m1/s1. The average molecular weight is 229 g/mol. The fourth-order valence-electron chi connectivity index (χ4n) is 1.18. The summed E-state index contributed by atoms with van der Waals surface area (Å²) < 4.78 is 18.0. The molecule has 89 valence electrons. The van der Waals surface area contributed by atoms with Gasteiger partial charge in [-0.15, -0.1) is 0 Å². The number of halogens is 1. The topological polar surface area (TPSA) is 69.6 Å². The number of ether oxygens (including phenoxy) is 1. The summed E-state index contributed by atoms with van der Waals surface area (Å²) in [6.07, 6.45) is -0.630. The molecule has 0 amide bonds. The zero-order valence-electron chi connectivity index (χ0n) is 8.73. The highest BCUT2D eigenvalue weighted by Crippen LogP contribution is 2.20. The van der Waals surface area contributed by atoms with Crippen LogP contribution in [-0.2, 0) is 11.7 Å². The number of rotatable bonds is 6. The molecular weight excluding hydrogens is 215 g/mol. The van der Waals surface area contributed by atoms with Crippen LogP contribution in [0.1, 0.15) is 12.0 Å². The molecule has 1 aromatic carbocycles. The van der Waals surface area contributed by atoms with Crippen molar-refractivity contribution in [2.45, 2.75) is 19.1 Å². The SMILES string of the molecule is [O]Cc1ccc(F)cc1OCC[C@@H](O)CO.